The molecule has 10 nitrogen and oxygen atoms in total. The van der Waals surface area contributed by atoms with Crippen LogP contribution in [-0.2, 0) is 11.2 Å². The Kier molecular flexibility index (Phi) is 8.35. The molecule has 5 aromatic rings. The number of nitrogens with zero attached hydrogens (tertiary/aromatic N) is 3. The summed E-state index contributed by atoms with van der Waals surface area (Å²) in [6, 6.07) is 22.0. The highest BCUT2D eigenvalue weighted by atomic mass is 19.1. The quantitative estimate of drug-likeness (QED) is 0.183. The smallest absolute Gasteiger partial charge is 0.251 e. The average Bonchev–Trinajstić information content (AvgIpc) is 3.40. The summed E-state index contributed by atoms with van der Waals surface area (Å²) in [6.45, 7) is 3.26. The number of carbonyl (C=O) groups excluding carboxylic acids is 2. The maximum Gasteiger partial charge on any atom is 0.251 e. The van der Waals surface area contributed by atoms with Gasteiger partial charge < -0.3 is 25.8 Å². The Bertz CT molecular complexity index is 1770. The fourth-order valence-corrected chi connectivity index (χ4v) is 4.32. The summed E-state index contributed by atoms with van der Waals surface area (Å²) < 4.78 is 20.2. The molecule has 0 aliphatic rings. The van der Waals surface area contributed by atoms with E-state index in [-0.39, 0.29) is 30.7 Å². The maximum atomic E-state index is 13.1. The van der Waals surface area contributed by atoms with Crippen molar-refractivity contribution in [3.63, 3.8) is 0 Å². The van der Waals surface area contributed by atoms with Crippen LogP contribution in [0.4, 0.5) is 21.7 Å². The molecule has 0 aliphatic carbocycles. The summed E-state index contributed by atoms with van der Waals surface area (Å²) in [7, 11) is 1.51. The highest BCUT2D eigenvalue weighted by Crippen LogP contribution is 2.29. The molecule has 0 saturated heterocycles. The number of hydrogen-bond donors (Lipinski definition) is 4. The van der Waals surface area contributed by atoms with E-state index in [2.05, 4.69) is 26.0 Å². The van der Waals surface area contributed by atoms with Crippen LogP contribution in [0.25, 0.3) is 16.8 Å². The van der Waals surface area contributed by atoms with E-state index in [4.69, 9.17) is 4.74 Å². The highest BCUT2D eigenvalue weighted by molar-refractivity contribution is 5.96. The van der Waals surface area contributed by atoms with Crippen LogP contribution in [0.5, 0.6) is 5.75 Å². The Morgan fingerprint density at radius 2 is 1.70 bits per heavy atom. The van der Waals surface area contributed by atoms with Crippen molar-refractivity contribution in [2.75, 3.05) is 24.4 Å². The lowest BCUT2D eigenvalue weighted by Crippen LogP contribution is -2.46. The predicted molar refractivity (Wildman–Crippen MR) is 162 cm³/mol. The first kappa shape index (κ1) is 29.2. The zero-order valence-electron chi connectivity index (χ0n) is 23.9. The molecule has 0 bridgehead atoms. The van der Waals surface area contributed by atoms with Gasteiger partial charge in [0.2, 0.25) is 11.9 Å². The van der Waals surface area contributed by atoms with Crippen molar-refractivity contribution < 1.29 is 23.8 Å². The van der Waals surface area contributed by atoms with Crippen LogP contribution in [0, 0.1) is 5.82 Å². The largest absolute Gasteiger partial charge is 0.495 e. The van der Waals surface area contributed by atoms with Crippen molar-refractivity contribution in [3.05, 3.63) is 102 Å². The molecule has 5 rings (SSSR count). The van der Waals surface area contributed by atoms with Gasteiger partial charge in [-0.2, -0.15) is 4.98 Å². The van der Waals surface area contributed by atoms with Gasteiger partial charge in [-0.15, -0.1) is 5.10 Å². The van der Waals surface area contributed by atoms with Gasteiger partial charge in [0.05, 0.1) is 31.4 Å². The van der Waals surface area contributed by atoms with Crippen LogP contribution in [0.3, 0.4) is 0 Å². The number of methoxy groups -OCH3 is 1. The number of anilines is 3. The Balaban J connectivity index is 1.26. The number of rotatable bonds is 10. The van der Waals surface area contributed by atoms with Crippen LogP contribution in [-0.4, -0.2) is 50.8 Å². The van der Waals surface area contributed by atoms with Gasteiger partial charge >= 0.3 is 0 Å². The monoisotopic (exact) mass is 582 g/mol. The first-order chi connectivity index (χ1) is 20.6. The SMILES string of the molecule is COc1cc(C(=O)NC(C)(C)CO)ccc1Nc1nc2ccc(-c3ccc(NC(=O)Cc4ccc(F)cc4)cc3)cn2n1. The van der Waals surface area contributed by atoms with E-state index in [0.717, 1.165) is 16.7 Å². The Hall–Kier alpha value is -5.29. The van der Waals surface area contributed by atoms with Gasteiger partial charge in [0, 0.05) is 23.0 Å². The van der Waals surface area contributed by atoms with E-state index in [1.54, 1.807) is 48.7 Å². The molecule has 11 heteroatoms. The summed E-state index contributed by atoms with van der Waals surface area (Å²) >= 11 is 0. The normalized spacial score (nSPS) is 11.3. The van der Waals surface area contributed by atoms with Crippen LogP contribution >= 0.6 is 0 Å². The average molecular weight is 583 g/mol. The molecule has 0 unspecified atom stereocenters. The Morgan fingerprint density at radius 1 is 0.977 bits per heavy atom. The molecule has 2 heterocycles. The molecule has 0 saturated carbocycles. The number of hydrogen-bond acceptors (Lipinski definition) is 7. The number of aliphatic hydroxyl groups is 1. The second-order valence-electron chi connectivity index (χ2n) is 10.6. The van der Waals surface area contributed by atoms with E-state index in [9.17, 15) is 19.1 Å². The third-order valence-electron chi connectivity index (χ3n) is 6.67. The first-order valence-electron chi connectivity index (χ1n) is 13.5. The second kappa shape index (κ2) is 12.3. The van der Waals surface area contributed by atoms with Gasteiger partial charge in [0.1, 0.15) is 11.6 Å². The van der Waals surface area contributed by atoms with Crippen molar-refractivity contribution in [2.24, 2.45) is 0 Å². The van der Waals surface area contributed by atoms with Gasteiger partial charge in [-0.25, -0.2) is 8.91 Å². The predicted octanol–water partition coefficient (Wildman–Crippen LogP) is 4.97. The third-order valence-corrected chi connectivity index (χ3v) is 6.67. The molecule has 220 valence electrons. The lowest BCUT2D eigenvalue weighted by atomic mass is 10.1. The van der Waals surface area contributed by atoms with E-state index in [1.807, 2.05) is 42.6 Å². The summed E-state index contributed by atoms with van der Waals surface area (Å²) in [5.74, 6) is -0.0904. The number of nitrogens with one attached hydrogen (secondary N) is 3. The number of fused-ring (bicyclic) bond motifs is 1. The van der Waals surface area contributed by atoms with E-state index >= 15 is 0 Å². The van der Waals surface area contributed by atoms with Crippen molar-refractivity contribution in [1.82, 2.24) is 19.9 Å². The van der Waals surface area contributed by atoms with E-state index in [1.165, 1.54) is 19.2 Å². The van der Waals surface area contributed by atoms with Crippen molar-refractivity contribution in [1.29, 1.82) is 0 Å². The first-order valence-corrected chi connectivity index (χ1v) is 13.5. The summed E-state index contributed by atoms with van der Waals surface area (Å²) in [4.78, 5) is 29.5. The van der Waals surface area contributed by atoms with E-state index < -0.39 is 5.54 Å². The molecule has 43 heavy (non-hydrogen) atoms. The van der Waals surface area contributed by atoms with Crippen LogP contribution in [0.15, 0.2) is 85.1 Å². The molecule has 0 spiro atoms. The minimum absolute atomic E-state index is 0.149. The van der Waals surface area contributed by atoms with Gasteiger partial charge in [0.15, 0.2) is 5.65 Å². The highest BCUT2D eigenvalue weighted by Gasteiger charge is 2.21. The fourth-order valence-electron chi connectivity index (χ4n) is 4.32. The lowest BCUT2D eigenvalue weighted by Gasteiger charge is -2.23. The zero-order chi connectivity index (χ0) is 30.6. The summed E-state index contributed by atoms with van der Waals surface area (Å²) in [5, 5.41) is 22.8. The number of pyridine rings is 1. The minimum atomic E-state index is -0.759. The van der Waals surface area contributed by atoms with Gasteiger partial charge in [-0.3, -0.25) is 9.59 Å². The topological polar surface area (TPSA) is 130 Å². The fraction of sp³-hybridized carbons (Fsp3) is 0.188. The van der Waals surface area contributed by atoms with Crippen molar-refractivity contribution >= 4 is 34.8 Å². The van der Waals surface area contributed by atoms with Crippen molar-refractivity contribution in [3.8, 4) is 16.9 Å². The lowest BCUT2D eigenvalue weighted by molar-refractivity contribution is -0.115. The number of carbonyl (C=O) groups is 2. The third kappa shape index (κ3) is 7.14. The molecule has 3 aromatic carbocycles. The number of aliphatic hydroxyl groups excluding tert-OH is 1. The molecule has 4 N–H and O–H groups in total. The van der Waals surface area contributed by atoms with Crippen molar-refractivity contribution in [2.45, 2.75) is 25.8 Å². The Morgan fingerprint density at radius 3 is 2.40 bits per heavy atom. The van der Waals surface area contributed by atoms with Crippen LogP contribution < -0.4 is 20.7 Å². The zero-order valence-corrected chi connectivity index (χ0v) is 23.9. The number of halogens is 1. The molecular formula is C32H31FN6O4. The van der Waals surface area contributed by atoms with Gasteiger partial charge in [-0.05, 0) is 79.6 Å². The maximum absolute atomic E-state index is 13.1. The molecule has 0 radical (unpaired) electrons. The molecule has 0 atom stereocenters. The van der Waals surface area contributed by atoms with Crippen LogP contribution in [0.1, 0.15) is 29.8 Å². The standard InChI is InChI=1S/C32H31FN6O4/c1-32(2,19-40)37-30(42)22-8-14-26(27(17-22)43-3)35-31-36-28-15-9-23(18-39(28)38-31)21-6-12-25(13-7-21)34-29(41)16-20-4-10-24(33)11-5-20/h4-15,17-18,40H,16,19H2,1-3H3,(H,34,41)(H,35,38)(H,37,42). The van der Waals surface area contributed by atoms with Gasteiger partial charge in [-0.1, -0.05) is 24.3 Å². The molecule has 2 aromatic heterocycles. The number of aromatic nitrogens is 3. The number of ether oxygens (including phenoxy) is 1. The molecule has 0 aliphatic heterocycles. The van der Waals surface area contributed by atoms with E-state index in [0.29, 0.717) is 34.3 Å². The summed E-state index contributed by atoms with van der Waals surface area (Å²) in [5.41, 5.74) is 4.02. The van der Waals surface area contributed by atoms with Crippen LogP contribution in [0.2, 0.25) is 0 Å². The summed E-state index contributed by atoms with van der Waals surface area (Å²) in [6.07, 6.45) is 2.00. The molecule has 2 amide bonds. The molecule has 0 fully saturated rings. The number of benzene rings is 3. The number of amides is 2. The minimum Gasteiger partial charge on any atom is -0.495 e. The molecular weight excluding hydrogens is 551 g/mol. The second-order valence-corrected chi connectivity index (χ2v) is 10.6. The Labute approximate surface area is 247 Å². The van der Waals surface area contributed by atoms with Gasteiger partial charge in [0.25, 0.3) is 5.91 Å².